The van der Waals surface area contributed by atoms with Gasteiger partial charge in [-0.15, -0.1) is 0 Å². The highest BCUT2D eigenvalue weighted by atomic mass is 16.1. The fraction of sp³-hybridized carbons (Fsp3) is 0.368. The van der Waals surface area contributed by atoms with Crippen LogP contribution < -0.4 is 10.6 Å². The first-order valence-electron chi connectivity index (χ1n) is 8.44. The van der Waals surface area contributed by atoms with Gasteiger partial charge in [-0.1, -0.05) is 19.1 Å². The Kier molecular flexibility index (Phi) is 6.62. The number of rotatable bonds is 6. The van der Waals surface area contributed by atoms with Crippen molar-refractivity contribution in [2.75, 3.05) is 26.0 Å². The second kappa shape index (κ2) is 8.92. The second-order valence-corrected chi connectivity index (χ2v) is 5.97. The van der Waals surface area contributed by atoms with Crippen LogP contribution in [-0.2, 0) is 24.8 Å². The quantitative estimate of drug-likeness (QED) is 0.626. The molecule has 0 atom stereocenters. The minimum Gasteiger partial charge on any atom is -0.353 e. The van der Waals surface area contributed by atoms with Gasteiger partial charge in [0.25, 0.3) is 0 Å². The fourth-order valence-corrected chi connectivity index (χ4v) is 2.60. The Bertz CT molecular complexity index is 735. The molecule has 0 bridgehead atoms. The second-order valence-electron chi connectivity index (χ2n) is 5.97. The van der Waals surface area contributed by atoms with E-state index in [-0.39, 0.29) is 12.5 Å². The number of guanidine groups is 1. The summed E-state index contributed by atoms with van der Waals surface area (Å²) in [6.07, 6.45) is 2.95. The van der Waals surface area contributed by atoms with E-state index in [0.717, 1.165) is 12.1 Å². The molecule has 1 aromatic heterocycles. The Hall–Kier alpha value is -2.76. The number of hydrogen-bond acceptors (Lipinski definition) is 2. The van der Waals surface area contributed by atoms with Crippen molar-refractivity contribution in [3.63, 3.8) is 0 Å². The van der Waals surface area contributed by atoms with Gasteiger partial charge in [-0.25, -0.2) is 0 Å². The van der Waals surface area contributed by atoms with Crippen LogP contribution >= 0.6 is 0 Å². The Morgan fingerprint density at radius 1 is 1.28 bits per heavy atom. The summed E-state index contributed by atoms with van der Waals surface area (Å²) in [7, 11) is 5.68. The van der Waals surface area contributed by atoms with E-state index in [2.05, 4.69) is 33.2 Å². The molecule has 25 heavy (non-hydrogen) atoms. The molecule has 0 unspecified atom stereocenters. The number of hydrogen-bond donors (Lipinski definition) is 2. The molecule has 1 aromatic carbocycles. The first kappa shape index (κ1) is 18.6. The number of benzene rings is 1. The highest BCUT2D eigenvalue weighted by Gasteiger charge is 2.10. The van der Waals surface area contributed by atoms with Crippen molar-refractivity contribution in [2.45, 2.75) is 19.9 Å². The van der Waals surface area contributed by atoms with E-state index in [1.165, 1.54) is 11.3 Å². The monoisotopic (exact) mass is 341 g/mol. The molecule has 0 aliphatic rings. The molecule has 2 rings (SSSR count). The zero-order valence-electron chi connectivity index (χ0n) is 15.4. The van der Waals surface area contributed by atoms with Crippen LogP contribution in [0.4, 0.5) is 5.69 Å². The van der Waals surface area contributed by atoms with Gasteiger partial charge in [-0.3, -0.25) is 9.79 Å². The molecule has 0 aliphatic heterocycles. The van der Waals surface area contributed by atoms with Gasteiger partial charge >= 0.3 is 0 Å². The summed E-state index contributed by atoms with van der Waals surface area (Å²) in [5, 5.41) is 6.01. The van der Waals surface area contributed by atoms with E-state index >= 15 is 0 Å². The number of amides is 1. The largest absolute Gasteiger partial charge is 0.353 e. The number of aromatic nitrogens is 1. The summed E-state index contributed by atoms with van der Waals surface area (Å²) < 4.78 is 2.07. The topological polar surface area (TPSA) is 61.7 Å². The maximum atomic E-state index is 12.2. The van der Waals surface area contributed by atoms with Gasteiger partial charge in [-0.05, 0) is 36.2 Å². The molecule has 134 valence electrons. The van der Waals surface area contributed by atoms with Crippen LogP contribution in [0.3, 0.4) is 0 Å². The van der Waals surface area contributed by atoms with E-state index < -0.39 is 0 Å². The number of nitrogens with zero attached hydrogens (tertiary/aromatic N) is 3. The minimum atomic E-state index is -0.0957. The molecule has 0 fully saturated rings. The lowest BCUT2D eigenvalue weighted by Crippen LogP contribution is -2.42. The molecule has 0 radical (unpaired) electrons. The molecule has 2 N–H and O–H groups in total. The minimum absolute atomic E-state index is 0.0957. The average molecular weight is 341 g/mol. The SMILES string of the molecule is CCc1cccc(NC(=O)CNC(=NC)N(C)Cc2cccn2C)c1. The van der Waals surface area contributed by atoms with Crippen LogP contribution in [0.15, 0.2) is 47.6 Å². The smallest absolute Gasteiger partial charge is 0.243 e. The summed E-state index contributed by atoms with van der Waals surface area (Å²) in [6.45, 7) is 2.97. The van der Waals surface area contributed by atoms with Crippen LogP contribution in [0.2, 0.25) is 0 Å². The third-order valence-electron chi connectivity index (χ3n) is 4.05. The molecule has 2 aromatic rings. The molecule has 0 saturated carbocycles. The normalized spacial score (nSPS) is 11.3. The van der Waals surface area contributed by atoms with E-state index in [0.29, 0.717) is 12.5 Å². The van der Waals surface area contributed by atoms with Gasteiger partial charge in [0.1, 0.15) is 0 Å². The summed E-state index contributed by atoms with van der Waals surface area (Å²) in [5.74, 6) is 0.584. The third-order valence-corrected chi connectivity index (χ3v) is 4.05. The van der Waals surface area contributed by atoms with E-state index in [4.69, 9.17) is 0 Å². The maximum Gasteiger partial charge on any atom is 0.243 e. The molecule has 1 amide bonds. The van der Waals surface area contributed by atoms with Crippen LogP contribution in [0, 0.1) is 0 Å². The maximum absolute atomic E-state index is 12.2. The first-order chi connectivity index (χ1) is 12.0. The number of anilines is 1. The van der Waals surface area contributed by atoms with Gasteiger partial charge in [0.05, 0.1) is 13.1 Å². The van der Waals surface area contributed by atoms with Crippen molar-refractivity contribution in [1.29, 1.82) is 0 Å². The van der Waals surface area contributed by atoms with Crippen molar-refractivity contribution in [2.24, 2.45) is 12.0 Å². The number of aryl methyl sites for hydroxylation is 2. The lowest BCUT2D eigenvalue weighted by Gasteiger charge is -2.22. The van der Waals surface area contributed by atoms with Crippen molar-refractivity contribution < 1.29 is 4.79 Å². The molecular weight excluding hydrogens is 314 g/mol. The van der Waals surface area contributed by atoms with Gasteiger partial charge in [0, 0.05) is 38.7 Å². The molecule has 1 heterocycles. The van der Waals surface area contributed by atoms with Gasteiger partial charge in [-0.2, -0.15) is 0 Å². The average Bonchev–Trinajstić information content (AvgIpc) is 3.00. The molecule has 0 saturated heterocycles. The number of aliphatic imine (C=N–C) groups is 1. The Labute approximate surface area is 149 Å². The van der Waals surface area contributed by atoms with Crippen LogP contribution in [0.25, 0.3) is 0 Å². The molecule has 0 spiro atoms. The summed E-state index contributed by atoms with van der Waals surface area (Å²) in [4.78, 5) is 18.4. The summed E-state index contributed by atoms with van der Waals surface area (Å²) in [6, 6.07) is 12.0. The Balaban J connectivity index is 1.87. The van der Waals surface area contributed by atoms with Crippen molar-refractivity contribution >= 4 is 17.6 Å². The van der Waals surface area contributed by atoms with Crippen LogP contribution in [0.1, 0.15) is 18.2 Å². The number of carbonyl (C=O) groups is 1. The van der Waals surface area contributed by atoms with Crippen molar-refractivity contribution in [3.8, 4) is 0 Å². The lowest BCUT2D eigenvalue weighted by molar-refractivity contribution is -0.115. The Morgan fingerprint density at radius 2 is 2.08 bits per heavy atom. The van der Waals surface area contributed by atoms with E-state index in [1.54, 1.807) is 7.05 Å². The summed E-state index contributed by atoms with van der Waals surface area (Å²) in [5.41, 5.74) is 3.19. The third kappa shape index (κ3) is 5.38. The van der Waals surface area contributed by atoms with E-state index in [1.807, 2.05) is 55.5 Å². The Morgan fingerprint density at radius 3 is 2.72 bits per heavy atom. The predicted octanol–water partition coefficient (Wildman–Crippen LogP) is 2.23. The highest BCUT2D eigenvalue weighted by molar-refractivity contribution is 5.95. The number of carbonyl (C=O) groups excluding carboxylic acids is 1. The van der Waals surface area contributed by atoms with Crippen molar-refractivity contribution in [1.82, 2.24) is 14.8 Å². The van der Waals surface area contributed by atoms with Crippen LogP contribution in [-0.4, -0.2) is 42.0 Å². The van der Waals surface area contributed by atoms with Crippen LogP contribution in [0.5, 0.6) is 0 Å². The first-order valence-corrected chi connectivity index (χ1v) is 8.44. The van der Waals surface area contributed by atoms with Crippen molar-refractivity contribution in [3.05, 3.63) is 53.9 Å². The zero-order valence-corrected chi connectivity index (χ0v) is 15.4. The highest BCUT2D eigenvalue weighted by Crippen LogP contribution is 2.10. The van der Waals surface area contributed by atoms with Gasteiger partial charge < -0.3 is 20.1 Å². The predicted molar refractivity (Wildman–Crippen MR) is 103 cm³/mol. The molecule has 6 nitrogen and oxygen atoms in total. The van der Waals surface area contributed by atoms with Gasteiger partial charge in [0.15, 0.2) is 5.96 Å². The number of nitrogens with one attached hydrogen (secondary N) is 2. The zero-order chi connectivity index (χ0) is 18.2. The molecular formula is C19H27N5O. The molecule has 6 heteroatoms. The molecule has 0 aliphatic carbocycles. The van der Waals surface area contributed by atoms with Gasteiger partial charge in [0.2, 0.25) is 5.91 Å². The lowest BCUT2D eigenvalue weighted by atomic mass is 10.1. The fourth-order valence-electron chi connectivity index (χ4n) is 2.60. The standard InChI is InChI=1S/C19H27N5O/c1-5-15-8-6-9-16(12-15)22-18(25)13-21-19(20-2)24(4)14-17-10-7-11-23(17)3/h6-12H,5,13-14H2,1-4H3,(H,20,21)(H,22,25). The van der Waals surface area contributed by atoms with E-state index in [9.17, 15) is 4.79 Å². The summed E-state index contributed by atoms with van der Waals surface area (Å²) >= 11 is 0.